The summed E-state index contributed by atoms with van der Waals surface area (Å²) in [6, 6.07) is 5.78. The highest BCUT2D eigenvalue weighted by molar-refractivity contribution is 7.80. The Kier molecular flexibility index (Phi) is 6.93. The molecule has 1 aliphatic rings. The lowest BCUT2D eigenvalue weighted by molar-refractivity contribution is -0.0253. The fourth-order valence-electron chi connectivity index (χ4n) is 2.56. The molecule has 1 aromatic rings. The zero-order valence-electron chi connectivity index (χ0n) is 13.7. The molecule has 0 aliphatic carbocycles. The van der Waals surface area contributed by atoms with E-state index in [9.17, 15) is 0 Å². The molecule has 1 fully saturated rings. The zero-order chi connectivity index (χ0) is 16.5. The molecule has 0 amide bonds. The standard InChI is InChI=1S/C17H23N3O2S/c1-3-4-8-19-16(23)17(21-2,15-7-5-6-9-18-15)14-20-10-12-22-13-11-20/h5-7,9H,8,10-14H2,1-2H3,(H,19,23). The molecule has 1 unspecified atom stereocenters. The number of rotatable bonds is 6. The van der Waals surface area contributed by atoms with Gasteiger partial charge in [-0.3, -0.25) is 9.88 Å². The molecular formula is C17H23N3O2S. The average molecular weight is 333 g/mol. The molecule has 5 nitrogen and oxygen atoms in total. The first-order valence-corrected chi connectivity index (χ1v) is 8.08. The maximum Gasteiger partial charge on any atom is 0.172 e. The SMILES string of the molecule is CC#CCNC(=S)C(CN1CCOCC1)(OC)c1ccccn1. The summed E-state index contributed by atoms with van der Waals surface area (Å²) >= 11 is 5.65. The van der Waals surface area contributed by atoms with Gasteiger partial charge in [0.25, 0.3) is 0 Å². The molecule has 0 aromatic carbocycles. The van der Waals surface area contributed by atoms with E-state index in [1.54, 1.807) is 20.2 Å². The summed E-state index contributed by atoms with van der Waals surface area (Å²) in [5, 5.41) is 3.20. The van der Waals surface area contributed by atoms with Crippen LogP contribution in [0.5, 0.6) is 0 Å². The van der Waals surface area contributed by atoms with Crippen molar-refractivity contribution in [2.24, 2.45) is 0 Å². The third-order valence-corrected chi connectivity index (χ3v) is 4.33. The molecule has 1 N–H and O–H groups in total. The van der Waals surface area contributed by atoms with Crippen LogP contribution in [0, 0.1) is 11.8 Å². The smallest absolute Gasteiger partial charge is 0.172 e. The predicted molar refractivity (Wildman–Crippen MR) is 94.2 cm³/mol. The van der Waals surface area contributed by atoms with E-state index in [0.29, 0.717) is 18.1 Å². The minimum atomic E-state index is -0.788. The van der Waals surface area contributed by atoms with Gasteiger partial charge in [0.1, 0.15) is 4.99 Å². The molecule has 1 saturated heterocycles. The quantitative estimate of drug-likeness (QED) is 0.623. The number of methoxy groups -OCH3 is 1. The van der Waals surface area contributed by atoms with Crippen LogP contribution in [0.25, 0.3) is 0 Å². The summed E-state index contributed by atoms with van der Waals surface area (Å²) in [7, 11) is 1.68. The van der Waals surface area contributed by atoms with Crippen molar-refractivity contribution in [3.05, 3.63) is 30.1 Å². The minimum absolute atomic E-state index is 0.496. The Morgan fingerprint density at radius 3 is 2.87 bits per heavy atom. The van der Waals surface area contributed by atoms with E-state index < -0.39 is 5.60 Å². The van der Waals surface area contributed by atoms with E-state index in [4.69, 9.17) is 21.7 Å². The molecule has 0 bridgehead atoms. The number of nitrogens with one attached hydrogen (secondary N) is 1. The molecule has 1 aliphatic heterocycles. The highest BCUT2D eigenvalue weighted by Gasteiger charge is 2.40. The van der Waals surface area contributed by atoms with E-state index >= 15 is 0 Å². The molecule has 0 saturated carbocycles. The maximum atomic E-state index is 5.92. The lowest BCUT2D eigenvalue weighted by Crippen LogP contribution is -2.54. The van der Waals surface area contributed by atoms with Crippen LogP contribution in [-0.2, 0) is 15.1 Å². The first-order chi connectivity index (χ1) is 11.2. The van der Waals surface area contributed by atoms with Gasteiger partial charge in [0.15, 0.2) is 5.60 Å². The molecule has 124 valence electrons. The summed E-state index contributed by atoms with van der Waals surface area (Å²) in [4.78, 5) is 7.39. The van der Waals surface area contributed by atoms with Gasteiger partial charge < -0.3 is 14.8 Å². The maximum absolute atomic E-state index is 5.92. The Hall–Kier alpha value is -1.52. The topological polar surface area (TPSA) is 46.6 Å². The van der Waals surface area contributed by atoms with Crippen LogP contribution in [0.2, 0.25) is 0 Å². The predicted octanol–water partition coefficient (Wildman–Crippen LogP) is 1.20. The van der Waals surface area contributed by atoms with E-state index in [0.717, 1.165) is 32.0 Å². The third kappa shape index (κ3) is 4.49. The minimum Gasteiger partial charge on any atom is -0.379 e. The van der Waals surface area contributed by atoms with Crippen molar-refractivity contribution in [1.29, 1.82) is 0 Å². The van der Waals surface area contributed by atoms with Gasteiger partial charge >= 0.3 is 0 Å². The molecule has 1 aromatic heterocycles. The largest absolute Gasteiger partial charge is 0.379 e. The van der Waals surface area contributed by atoms with E-state index in [-0.39, 0.29) is 0 Å². The van der Waals surface area contributed by atoms with Crippen molar-refractivity contribution in [1.82, 2.24) is 15.2 Å². The van der Waals surface area contributed by atoms with Crippen LogP contribution < -0.4 is 5.32 Å². The van der Waals surface area contributed by atoms with Crippen molar-refractivity contribution in [3.8, 4) is 11.8 Å². The summed E-state index contributed by atoms with van der Waals surface area (Å²) in [6.45, 7) is 6.10. The van der Waals surface area contributed by atoms with Crippen LogP contribution in [0.3, 0.4) is 0 Å². The molecule has 0 spiro atoms. The molecule has 0 radical (unpaired) electrons. The van der Waals surface area contributed by atoms with E-state index in [2.05, 4.69) is 27.0 Å². The van der Waals surface area contributed by atoms with Crippen LogP contribution in [0.1, 0.15) is 12.6 Å². The summed E-state index contributed by atoms with van der Waals surface area (Å²) in [5.74, 6) is 5.83. The van der Waals surface area contributed by atoms with Gasteiger partial charge in [-0.15, -0.1) is 5.92 Å². The molecule has 1 atom stereocenters. The summed E-state index contributed by atoms with van der Waals surface area (Å²) in [6.07, 6.45) is 1.76. The number of nitrogens with zero attached hydrogens (tertiary/aromatic N) is 2. The van der Waals surface area contributed by atoms with Gasteiger partial charge in [0, 0.05) is 32.9 Å². The highest BCUT2D eigenvalue weighted by atomic mass is 32.1. The third-order valence-electron chi connectivity index (χ3n) is 3.86. The van der Waals surface area contributed by atoms with Gasteiger partial charge in [-0.2, -0.15) is 0 Å². The number of aromatic nitrogens is 1. The Balaban J connectivity index is 2.26. The Bertz CT molecular complexity index is 564. The summed E-state index contributed by atoms with van der Waals surface area (Å²) < 4.78 is 11.4. The molecule has 6 heteroatoms. The van der Waals surface area contributed by atoms with Crippen LogP contribution in [0.4, 0.5) is 0 Å². The van der Waals surface area contributed by atoms with Crippen LogP contribution in [-0.4, -0.2) is 61.4 Å². The number of ether oxygens (including phenoxy) is 2. The van der Waals surface area contributed by atoms with Crippen molar-refractivity contribution in [3.63, 3.8) is 0 Å². The van der Waals surface area contributed by atoms with Crippen molar-refractivity contribution in [2.75, 3.05) is 46.5 Å². The van der Waals surface area contributed by atoms with Gasteiger partial charge in [-0.1, -0.05) is 24.2 Å². The van der Waals surface area contributed by atoms with Gasteiger partial charge in [-0.25, -0.2) is 0 Å². The molecule has 23 heavy (non-hydrogen) atoms. The fourth-order valence-corrected chi connectivity index (χ4v) is 2.89. The van der Waals surface area contributed by atoms with E-state index in [1.165, 1.54) is 0 Å². The second kappa shape index (κ2) is 8.94. The Morgan fingerprint density at radius 2 is 2.26 bits per heavy atom. The number of hydrogen-bond donors (Lipinski definition) is 1. The lowest BCUT2D eigenvalue weighted by Gasteiger charge is -2.38. The van der Waals surface area contributed by atoms with Crippen molar-refractivity contribution >= 4 is 17.2 Å². The van der Waals surface area contributed by atoms with Crippen molar-refractivity contribution < 1.29 is 9.47 Å². The zero-order valence-corrected chi connectivity index (χ0v) is 14.5. The second-order valence-electron chi connectivity index (χ2n) is 5.24. The van der Waals surface area contributed by atoms with Crippen molar-refractivity contribution in [2.45, 2.75) is 12.5 Å². The van der Waals surface area contributed by atoms with Gasteiger partial charge in [-0.05, 0) is 19.1 Å². The number of pyridine rings is 1. The van der Waals surface area contributed by atoms with Crippen LogP contribution in [0.15, 0.2) is 24.4 Å². The number of thiocarbonyl (C=S) groups is 1. The molecule has 2 heterocycles. The highest BCUT2D eigenvalue weighted by Crippen LogP contribution is 2.26. The Morgan fingerprint density at radius 1 is 1.48 bits per heavy atom. The summed E-state index contributed by atoms with van der Waals surface area (Å²) in [5.41, 5.74) is 0.0135. The second-order valence-corrected chi connectivity index (χ2v) is 5.65. The first kappa shape index (κ1) is 17.8. The molecular weight excluding hydrogens is 310 g/mol. The first-order valence-electron chi connectivity index (χ1n) is 7.67. The van der Waals surface area contributed by atoms with Crippen LogP contribution >= 0.6 is 12.2 Å². The normalized spacial score (nSPS) is 17.7. The number of hydrogen-bond acceptors (Lipinski definition) is 5. The number of morpholine rings is 1. The van der Waals surface area contributed by atoms with E-state index in [1.807, 2.05) is 18.2 Å². The lowest BCUT2D eigenvalue weighted by atomic mass is 9.96. The monoisotopic (exact) mass is 333 g/mol. The average Bonchev–Trinajstić information content (AvgIpc) is 2.61. The van der Waals surface area contributed by atoms with Gasteiger partial charge in [0.2, 0.25) is 0 Å². The Labute approximate surface area is 143 Å². The van der Waals surface area contributed by atoms with Gasteiger partial charge in [0.05, 0.1) is 25.5 Å². The fraction of sp³-hybridized carbons (Fsp3) is 0.529. The molecule has 2 rings (SSSR count).